The minimum Gasteiger partial charge on any atom is -0.491 e. The second-order valence-electron chi connectivity index (χ2n) is 8.67. The molecule has 3 rings (SSSR count). The van der Waals surface area contributed by atoms with E-state index >= 15 is 0 Å². The van der Waals surface area contributed by atoms with Gasteiger partial charge in [0.05, 0.1) is 22.3 Å². The fraction of sp³-hybridized carbons (Fsp3) is 0.458. The van der Waals surface area contributed by atoms with Gasteiger partial charge in [0, 0.05) is 39.4 Å². The summed E-state index contributed by atoms with van der Waals surface area (Å²) in [5.74, 6) is 0.340. The molecule has 8 nitrogen and oxygen atoms in total. The van der Waals surface area contributed by atoms with Crippen LogP contribution in [0, 0.1) is 5.92 Å². The molecule has 0 bridgehead atoms. The first-order chi connectivity index (χ1) is 15.6. The van der Waals surface area contributed by atoms with Crippen LogP contribution in [0.25, 0.3) is 0 Å². The predicted molar refractivity (Wildman–Crippen MR) is 128 cm³/mol. The molecule has 0 aromatic heterocycles. The van der Waals surface area contributed by atoms with Crippen LogP contribution in [-0.4, -0.2) is 77.2 Å². The summed E-state index contributed by atoms with van der Waals surface area (Å²) in [6.45, 7) is 5.73. The maximum atomic E-state index is 13.2. The molecule has 1 aliphatic rings. The third-order valence-corrected chi connectivity index (χ3v) is 7.46. The van der Waals surface area contributed by atoms with Crippen molar-refractivity contribution in [1.29, 1.82) is 0 Å². The molecule has 0 spiro atoms. The molecule has 2 aromatic carbocycles. The largest absolute Gasteiger partial charge is 0.491 e. The van der Waals surface area contributed by atoms with Crippen LogP contribution in [0.1, 0.15) is 24.2 Å². The first-order valence-electron chi connectivity index (χ1n) is 11.0. The summed E-state index contributed by atoms with van der Waals surface area (Å²) in [7, 11) is 1.66. The highest BCUT2D eigenvalue weighted by atomic mass is 32.2. The van der Waals surface area contributed by atoms with Gasteiger partial charge < -0.3 is 14.4 Å². The minimum atomic E-state index is -3.77. The molecule has 3 atom stereocenters. The Morgan fingerprint density at radius 1 is 1.06 bits per heavy atom. The van der Waals surface area contributed by atoms with Crippen molar-refractivity contribution in [1.82, 2.24) is 9.80 Å². The Kier molecular flexibility index (Phi) is 7.99. The van der Waals surface area contributed by atoms with Gasteiger partial charge in [0.25, 0.3) is 15.9 Å². The van der Waals surface area contributed by atoms with E-state index in [2.05, 4.69) is 23.5 Å². The number of likely N-dealkylation sites (N-methyl/N-ethyl adjacent to an activating group) is 2. The number of nitrogens with zero attached hydrogens (tertiary/aromatic N) is 2. The number of fused-ring (bicyclic) bond motifs is 1. The number of ether oxygens (including phenoxy) is 2. The van der Waals surface area contributed by atoms with E-state index in [1.807, 2.05) is 7.05 Å². The third-order valence-electron chi connectivity index (χ3n) is 6.06. The lowest BCUT2D eigenvalue weighted by molar-refractivity contribution is 0.0150. The number of hydrogen-bond donors (Lipinski definition) is 1. The van der Waals surface area contributed by atoms with Crippen molar-refractivity contribution in [2.75, 3.05) is 45.6 Å². The van der Waals surface area contributed by atoms with Crippen molar-refractivity contribution >= 4 is 21.6 Å². The van der Waals surface area contributed by atoms with E-state index in [0.717, 1.165) is 6.54 Å². The molecular weight excluding hydrogens is 442 g/mol. The summed E-state index contributed by atoms with van der Waals surface area (Å²) >= 11 is 0. The summed E-state index contributed by atoms with van der Waals surface area (Å²) in [6, 6.07) is 12.9. The predicted octanol–water partition coefficient (Wildman–Crippen LogP) is 2.92. The molecule has 33 heavy (non-hydrogen) atoms. The summed E-state index contributed by atoms with van der Waals surface area (Å²) < 4.78 is 39.8. The molecule has 0 fully saturated rings. The number of anilines is 1. The highest BCUT2D eigenvalue weighted by Crippen LogP contribution is 2.28. The molecule has 1 amide bonds. The average Bonchev–Trinajstić information content (AvgIpc) is 2.80. The number of carbonyl (C=O) groups is 1. The first-order valence-corrected chi connectivity index (χ1v) is 12.4. The summed E-state index contributed by atoms with van der Waals surface area (Å²) in [5.41, 5.74) is 0.697. The normalized spacial score (nSPS) is 23.1. The van der Waals surface area contributed by atoms with Crippen LogP contribution < -0.4 is 9.46 Å². The van der Waals surface area contributed by atoms with Gasteiger partial charge in [0.15, 0.2) is 0 Å². The van der Waals surface area contributed by atoms with Gasteiger partial charge in [-0.3, -0.25) is 14.4 Å². The maximum Gasteiger partial charge on any atom is 0.261 e. The van der Waals surface area contributed by atoms with E-state index in [9.17, 15) is 13.2 Å². The molecule has 180 valence electrons. The number of sulfonamides is 1. The standard InChI is InChI=1S/C24H33N3O5S/c1-17-14-26(3)18(2)16-32-22-13-19(25-33(29,30)20-9-7-6-8-10-20)11-12-21(22)24(28)27(4)15-23(17)31-5/h6-13,17-18,23,25H,14-16H2,1-5H3/t17-,18-,23+/m1/s1. The summed E-state index contributed by atoms with van der Waals surface area (Å²) in [4.78, 5) is 17.2. The zero-order valence-corrected chi connectivity index (χ0v) is 20.6. The molecule has 2 aromatic rings. The van der Waals surface area contributed by atoms with Gasteiger partial charge in [-0.2, -0.15) is 0 Å². The zero-order valence-electron chi connectivity index (χ0n) is 19.8. The Labute approximate surface area is 196 Å². The number of methoxy groups -OCH3 is 1. The molecule has 0 saturated heterocycles. The van der Waals surface area contributed by atoms with Crippen molar-refractivity contribution in [2.24, 2.45) is 5.92 Å². The first kappa shape index (κ1) is 25.0. The number of benzene rings is 2. The number of rotatable bonds is 4. The molecule has 9 heteroatoms. The SMILES string of the molecule is CO[C@H]1CN(C)C(=O)c2ccc(NS(=O)(=O)c3ccccc3)cc2OC[C@@H](C)N(C)C[C@H]1C. The van der Waals surface area contributed by atoms with Gasteiger partial charge in [-0.05, 0) is 44.2 Å². The fourth-order valence-corrected chi connectivity index (χ4v) is 4.90. The Morgan fingerprint density at radius 3 is 2.42 bits per heavy atom. The van der Waals surface area contributed by atoms with Gasteiger partial charge in [0.1, 0.15) is 12.4 Å². The van der Waals surface area contributed by atoms with Crippen LogP contribution >= 0.6 is 0 Å². The number of nitrogens with one attached hydrogen (secondary N) is 1. The van der Waals surface area contributed by atoms with Crippen molar-refractivity contribution in [2.45, 2.75) is 30.9 Å². The van der Waals surface area contributed by atoms with E-state index in [-0.39, 0.29) is 28.9 Å². The number of amides is 1. The van der Waals surface area contributed by atoms with Crippen LogP contribution in [0.3, 0.4) is 0 Å². The van der Waals surface area contributed by atoms with Crippen LogP contribution in [-0.2, 0) is 14.8 Å². The average molecular weight is 476 g/mol. The highest BCUT2D eigenvalue weighted by Gasteiger charge is 2.27. The lowest BCUT2D eigenvalue weighted by atomic mass is 10.0. The molecule has 0 aliphatic carbocycles. The van der Waals surface area contributed by atoms with Gasteiger partial charge in [0.2, 0.25) is 0 Å². The summed E-state index contributed by atoms with van der Waals surface area (Å²) in [6.07, 6.45) is -0.116. The van der Waals surface area contributed by atoms with E-state index in [0.29, 0.717) is 30.2 Å². The van der Waals surface area contributed by atoms with Gasteiger partial charge in [-0.15, -0.1) is 0 Å². The second kappa shape index (κ2) is 10.5. The van der Waals surface area contributed by atoms with E-state index in [4.69, 9.17) is 9.47 Å². The smallest absolute Gasteiger partial charge is 0.261 e. The number of carbonyl (C=O) groups excluding carboxylic acids is 1. The zero-order chi connectivity index (χ0) is 24.2. The van der Waals surface area contributed by atoms with Crippen LogP contribution in [0.15, 0.2) is 53.4 Å². The molecule has 0 unspecified atom stereocenters. The maximum absolute atomic E-state index is 13.2. The Hall–Kier alpha value is -2.62. The minimum absolute atomic E-state index is 0.0785. The molecular formula is C24H33N3O5S. The van der Waals surface area contributed by atoms with Crippen LogP contribution in [0.2, 0.25) is 0 Å². The molecule has 1 N–H and O–H groups in total. The lowest BCUT2D eigenvalue weighted by Gasteiger charge is -2.34. The monoisotopic (exact) mass is 475 g/mol. The lowest BCUT2D eigenvalue weighted by Crippen LogP contribution is -2.45. The van der Waals surface area contributed by atoms with Crippen molar-refractivity contribution < 1.29 is 22.7 Å². The van der Waals surface area contributed by atoms with Gasteiger partial charge in [-0.25, -0.2) is 8.42 Å². The van der Waals surface area contributed by atoms with Gasteiger partial charge >= 0.3 is 0 Å². The Morgan fingerprint density at radius 2 is 1.76 bits per heavy atom. The molecule has 0 radical (unpaired) electrons. The van der Waals surface area contributed by atoms with Crippen molar-refractivity contribution in [3.63, 3.8) is 0 Å². The third kappa shape index (κ3) is 6.04. The Bertz CT molecular complexity index is 1060. The van der Waals surface area contributed by atoms with E-state index in [1.54, 1.807) is 55.5 Å². The second-order valence-corrected chi connectivity index (χ2v) is 10.3. The topological polar surface area (TPSA) is 88.2 Å². The van der Waals surface area contributed by atoms with Crippen LogP contribution in [0.5, 0.6) is 5.75 Å². The fourth-order valence-electron chi connectivity index (χ4n) is 3.83. The highest BCUT2D eigenvalue weighted by molar-refractivity contribution is 7.92. The van der Waals surface area contributed by atoms with Crippen molar-refractivity contribution in [3.8, 4) is 5.75 Å². The quantitative estimate of drug-likeness (QED) is 0.732. The number of hydrogen-bond acceptors (Lipinski definition) is 6. The molecule has 1 aliphatic heterocycles. The van der Waals surface area contributed by atoms with Crippen molar-refractivity contribution in [3.05, 3.63) is 54.1 Å². The van der Waals surface area contributed by atoms with Crippen LogP contribution in [0.4, 0.5) is 5.69 Å². The molecule has 1 heterocycles. The van der Waals surface area contributed by atoms with Gasteiger partial charge in [-0.1, -0.05) is 25.1 Å². The molecule has 0 saturated carbocycles. The van der Waals surface area contributed by atoms with E-state index < -0.39 is 10.0 Å². The Balaban J connectivity index is 1.94. The van der Waals surface area contributed by atoms with E-state index in [1.165, 1.54) is 12.1 Å². The summed E-state index contributed by atoms with van der Waals surface area (Å²) in [5, 5.41) is 0.